The predicted octanol–water partition coefficient (Wildman–Crippen LogP) is 3.83. The zero-order valence-electron chi connectivity index (χ0n) is 32.9. The number of urea groups is 1. The number of carbonyl (C=O) groups is 7. The topological polar surface area (TPSA) is 174 Å². The van der Waals surface area contributed by atoms with E-state index < -0.39 is 89.7 Å². The molecule has 54 heavy (non-hydrogen) atoms. The van der Waals surface area contributed by atoms with E-state index in [9.17, 15) is 33.6 Å². The highest BCUT2D eigenvalue weighted by Gasteiger charge is 2.69. The van der Waals surface area contributed by atoms with Gasteiger partial charge in [-0.15, -0.1) is 0 Å². The highest BCUT2D eigenvalue weighted by Crippen LogP contribution is 2.65. The standard InChI is InChI=1S/C39H60F2N6O7/c1-36(2,3)26(21-46-27(48)18-37(4,5)19-28(46)49)45-35(54)44-25-12-10-8-9-11-16-39(40,41)17-15-24(31(50)33(52)42-22-13-14-22)43-32(51)30-29-23(38(29,6)7)20-47(30)34(25)53/h22-26,29-30H,8-21H2,1-7H3,(H,42,52)(H,43,51)(H2,44,45,54)/t23-,24-,25+,26+,29-,30-/m0/s1. The number of rotatable bonds is 7. The summed E-state index contributed by atoms with van der Waals surface area (Å²) in [5, 5.41) is 10.9. The molecule has 4 N–H and O–H groups in total. The number of halogens is 2. The number of imide groups is 1. The summed E-state index contributed by atoms with van der Waals surface area (Å²) in [6.07, 6.45) is 2.09. The number of hydrogen-bond donors (Lipinski definition) is 4. The third-order valence-electron chi connectivity index (χ3n) is 12.3. The largest absolute Gasteiger partial charge is 0.347 e. The monoisotopic (exact) mass is 762 g/mol. The third kappa shape index (κ3) is 9.77. The molecule has 0 aromatic carbocycles. The fourth-order valence-corrected chi connectivity index (χ4v) is 8.50. The molecule has 3 saturated heterocycles. The molecule has 0 radical (unpaired) electrons. The second-order valence-corrected chi connectivity index (χ2v) is 18.9. The molecule has 6 atom stereocenters. The maximum atomic E-state index is 15.1. The minimum Gasteiger partial charge on any atom is -0.347 e. The van der Waals surface area contributed by atoms with Gasteiger partial charge in [0.25, 0.3) is 5.91 Å². The molecule has 0 unspecified atom stereocenters. The molecule has 15 heteroatoms. The molecule has 0 aromatic heterocycles. The Labute approximate surface area is 317 Å². The van der Waals surface area contributed by atoms with Gasteiger partial charge in [0.1, 0.15) is 12.1 Å². The highest BCUT2D eigenvalue weighted by molar-refractivity contribution is 6.38. The normalized spacial score (nSPS) is 30.7. The van der Waals surface area contributed by atoms with Crippen molar-refractivity contribution in [1.82, 2.24) is 31.1 Å². The first kappa shape index (κ1) is 41.5. The summed E-state index contributed by atoms with van der Waals surface area (Å²) in [5.41, 5.74) is -1.36. The van der Waals surface area contributed by atoms with Gasteiger partial charge >= 0.3 is 6.03 Å². The van der Waals surface area contributed by atoms with Gasteiger partial charge in [0.15, 0.2) is 0 Å². The predicted molar refractivity (Wildman–Crippen MR) is 195 cm³/mol. The van der Waals surface area contributed by atoms with Crippen LogP contribution in [0, 0.1) is 28.1 Å². The number of nitrogens with zero attached hydrogens (tertiary/aromatic N) is 2. The van der Waals surface area contributed by atoms with Crippen molar-refractivity contribution in [3.8, 4) is 0 Å². The number of Topliss-reactive ketones (excluding diaryl/α,β-unsaturated/α-hetero) is 1. The average molecular weight is 763 g/mol. The summed E-state index contributed by atoms with van der Waals surface area (Å²) in [6, 6.07) is -5.10. The maximum absolute atomic E-state index is 15.1. The summed E-state index contributed by atoms with van der Waals surface area (Å²) in [7, 11) is 0. The lowest BCUT2D eigenvalue weighted by Crippen LogP contribution is -2.61. The number of nitrogens with one attached hydrogen (secondary N) is 4. The molecular formula is C39H60F2N6O7. The Hall–Kier alpha value is -3.65. The van der Waals surface area contributed by atoms with Crippen LogP contribution in [0.1, 0.15) is 126 Å². The van der Waals surface area contributed by atoms with Gasteiger partial charge in [-0.25, -0.2) is 13.6 Å². The van der Waals surface area contributed by atoms with Gasteiger partial charge in [-0.2, -0.15) is 0 Å². The van der Waals surface area contributed by atoms with Gasteiger partial charge in [-0.1, -0.05) is 67.7 Å². The van der Waals surface area contributed by atoms with Crippen molar-refractivity contribution in [2.24, 2.45) is 28.1 Å². The summed E-state index contributed by atoms with van der Waals surface area (Å²) in [4.78, 5) is 97.0. The Morgan fingerprint density at radius 3 is 2.11 bits per heavy atom. The van der Waals surface area contributed by atoms with Gasteiger partial charge in [0.05, 0.1) is 12.1 Å². The lowest BCUT2D eigenvalue weighted by Gasteiger charge is -2.40. The molecule has 7 amide bonds. The van der Waals surface area contributed by atoms with Gasteiger partial charge in [0.2, 0.25) is 35.3 Å². The van der Waals surface area contributed by atoms with Crippen molar-refractivity contribution < 1.29 is 42.3 Å². The van der Waals surface area contributed by atoms with Crippen LogP contribution in [0.4, 0.5) is 13.6 Å². The number of likely N-dealkylation sites (tertiary alicyclic amines) is 1. The van der Waals surface area contributed by atoms with E-state index in [1.807, 2.05) is 48.5 Å². The van der Waals surface area contributed by atoms with Crippen LogP contribution in [0.5, 0.6) is 0 Å². The lowest BCUT2D eigenvalue weighted by atomic mass is 9.80. The third-order valence-corrected chi connectivity index (χ3v) is 12.3. The van der Waals surface area contributed by atoms with Gasteiger partial charge in [-0.05, 0) is 60.2 Å². The lowest BCUT2D eigenvalue weighted by molar-refractivity contribution is -0.153. The molecule has 13 nitrogen and oxygen atoms in total. The Morgan fingerprint density at radius 1 is 0.870 bits per heavy atom. The van der Waals surface area contributed by atoms with E-state index in [1.165, 1.54) is 9.80 Å². The number of piperidine rings is 2. The first-order valence-corrected chi connectivity index (χ1v) is 19.7. The first-order chi connectivity index (χ1) is 25.0. The van der Waals surface area contributed by atoms with Crippen molar-refractivity contribution in [3.05, 3.63) is 0 Å². The van der Waals surface area contributed by atoms with Crippen LogP contribution in [0.2, 0.25) is 0 Å². The van der Waals surface area contributed by atoms with Gasteiger partial charge in [0, 0.05) is 44.8 Å². The molecule has 5 aliphatic rings. The molecule has 3 aliphatic heterocycles. The Kier molecular flexibility index (Phi) is 11.9. The van der Waals surface area contributed by atoms with Crippen molar-refractivity contribution in [2.45, 2.75) is 162 Å². The first-order valence-electron chi connectivity index (χ1n) is 19.7. The second-order valence-electron chi connectivity index (χ2n) is 18.9. The molecular weight excluding hydrogens is 702 g/mol. The Morgan fingerprint density at radius 2 is 1.50 bits per heavy atom. The summed E-state index contributed by atoms with van der Waals surface area (Å²) in [6.45, 7) is 13.5. The van der Waals surface area contributed by atoms with Crippen LogP contribution < -0.4 is 21.3 Å². The van der Waals surface area contributed by atoms with Crippen molar-refractivity contribution in [2.75, 3.05) is 13.1 Å². The van der Waals surface area contributed by atoms with E-state index >= 15 is 8.78 Å². The molecule has 0 bridgehead atoms. The summed E-state index contributed by atoms with van der Waals surface area (Å²) < 4.78 is 30.1. The Bertz CT molecular complexity index is 1500. The molecule has 3 heterocycles. The SMILES string of the molecule is CC1(C)CC(=O)N(C[C@@H](NC(=O)N[C@@H]2CCCCCCC(F)(F)CC[C@@H](C(=O)C(=O)NC3CC3)NC(=O)[C@@H]3[C@@H]4[C@H](CN3C2=O)C4(C)C)C(C)(C)C)C(=O)C1. The van der Waals surface area contributed by atoms with Gasteiger partial charge < -0.3 is 26.2 Å². The molecule has 5 fully saturated rings. The minimum absolute atomic E-state index is 0.0414. The minimum atomic E-state index is -3.11. The van der Waals surface area contributed by atoms with E-state index in [4.69, 9.17) is 0 Å². The van der Waals surface area contributed by atoms with Crippen molar-refractivity contribution in [3.63, 3.8) is 0 Å². The van der Waals surface area contributed by atoms with E-state index in [-0.39, 0.29) is 73.9 Å². The Balaban J connectivity index is 1.36. The summed E-state index contributed by atoms with van der Waals surface area (Å²) in [5.74, 6) is -7.14. The van der Waals surface area contributed by atoms with E-state index in [0.717, 1.165) is 0 Å². The molecule has 2 aliphatic carbocycles. The summed E-state index contributed by atoms with van der Waals surface area (Å²) >= 11 is 0. The fraction of sp³-hybridized carbons (Fsp3) is 0.821. The number of fused-ring (bicyclic) bond motifs is 3. The van der Waals surface area contributed by atoms with Crippen LogP contribution >= 0.6 is 0 Å². The smallest absolute Gasteiger partial charge is 0.315 e. The number of alkyl halides is 2. The fourth-order valence-electron chi connectivity index (χ4n) is 8.50. The molecule has 2 saturated carbocycles. The number of amides is 7. The molecule has 302 valence electrons. The van der Waals surface area contributed by atoms with E-state index in [0.29, 0.717) is 32.1 Å². The van der Waals surface area contributed by atoms with E-state index in [1.54, 1.807) is 0 Å². The molecule has 5 rings (SSSR count). The van der Waals surface area contributed by atoms with E-state index in [2.05, 4.69) is 21.3 Å². The van der Waals surface area contributed by atoms with Crippen molar-refractivity contribution >= 4 is 41.4 Å². The van der Waals surface area contributed by atoms with Gasteiger partial charge in [-0.3, -0.25) is 33.7 Å². The van der Waals surface area contributed by atoms with Crippen LogP contribution in [0.3, 0.4) is 0 Å². The average Bonchev–Trinajstić information content (AvgIpc) is 3.90. The molecule has 0 aromatic rings. The number of hydrogen-bond acceptors (Lipinski definition) is 7. The molecule has 0 spiro atoms. The number of ketones is 1. The second kappa shape index (κ2) is 15.5. The van der Waals surface area contributed by atoms with Crippen molar-refractivity contribution in [1.29, 1.82) is 0 Å². The number of carbonyl (C=O) groups excluding carboxylic acids is 7. The van der Waals surface area contributed by atoms with Crippen LogP contribution in [-0.4, -0.2) is 100 Å². The highest BCUT2D eigenvalue weighted by atomic mass is 19.3. The van der Waals surface area contributed by atoms with Crippen LogP contribution in [-0.2, 0) is 28.8 Å². The van der Waals surface area contributed by atoms with Crippen LogP contribution in [0.15, 0.2) is 0 Å². The maximum Gasteiger partial charge on any atom is 0.315 e. The quantitative estimate of drug-likeness (QED) is 0.225. The zero-order valence-corrected chi connectivity index (χ0v) is 32.9. The van der Waals surface area contributed by atoms with Crippen LogP contribution in [0.25, 0.3) is 0 Å². The zero-order chi connectivity index (χ0) is 40.0.